The van der Waals surface area contributed by atoms with Crippen LogP contribution in [0, 0.1) is 11.7 Å². The normalized spacial score (nSPS) is 17.5. The van der Waals surface area contributed by atoms with Gasteiger partial charge in [-0.05, 0) is 60.5 Å². The third-order valence-electron chi connectivity index (χ3n) is 4.29. The van der Waals surface area contributed by atoms with E-state index in [0.29, 0.717) is 13.1 Å². The SMILES string of the molecule is CC(C)(C)OC(=O)c1cc(Cl)c(OC[C@H]2CCCN(C(=O)OC(C)(C)C)C2)cc1F. The Bertz CT molecular complexity index is 785. The van der Waals surface area contributed by atoms with Gasteiger partial charge in [-0.15, -0.1) is 0 Å². The predicted octanol–water partition coefficient (Wildman–Crippen LogP) is 5.46. The van der Waals surface area contributed by atoms with Gasteiger partial charge in [0.2, 0.25) is 0 Å². The number of likely N-dealkylation sites (tertiary alicyclic amines) is 1. The third-order valence-corrected chi connectivity index (χ3v) is 4.58. The number of hydrogen-bond donors (Lipinski definition) is 0. The zero-order chi connectivity index (χ0) is 22.7. The summed E-state index contributed by atoms with van der Waals surface area (Å²) in [5, 5.41) is 0.122. The van der Waals surface area contributed by atoms with Gasteiger partial charge in [0.25, 0.3) is 0 Å². The smallest absolute Gasteiger partial charge is 0.410 e. The zero-order valence-corrected chi connectivity index (χ0v) is 19.3. The molecule has 1 aromatic carbocycles. The van der Waals surface area contributed by atoms with Crippen LogP contribution in [-0.2, 0) is 9.47 Å². The van der Waals surface area contributed by atoms with Crippen LogP contribution in [0.5, 0.6) is 5.75 Å². The Kier molecular flexibility index (Phi) is 7.61. The van der Waals surface area contributed by atoms with Gasteiger partial charge in [0.15, 0.2) is 0 Å². The van der Waals surface area contributed by atoms with Crippen molar-refractivity contribution in [2.45, 2.75) is 65.6 Å². The van der Waals surface area contributed by atoms with E-state index in [9.17, 15) is 14.0 Å². The molecule has 0 unspecified atom stereocenters. The Labute approximate surface area is 182 Å². The van der Waals surface area contributed by atoms with Gasteiger partial charge in [-0.25, -0.2) is 14.0 Å². The molecule has 6 nitrogen and oxygen atoms in total. The molecule has 0 N–H and O–H groups in total. The summed E-state index contributed by atoms with van der Waals surface area (Å²) in [7, 11) is 0. The van der Waals surface area contributed by atoms with Crippen molar-refractivity contribution < 1.29 is 28.2 Å². The first-order valence-electron chi connectivity index (χ1n) is 10.1. The summed E-state index contributed by atoms with van der Waals surface area (Å²) in [6.45, 7) is 12.0. The molecule has 1 saturated heterocycles. The fraction of sp³-hybridized carbons (Fsp3) is 0.636. The maximum atomic E-state index is 14.4. The van der Waals surface area contributed by atoms with Gasteiger partial charge in [-0.1, -0.05) is 11.6 Å². The summed E-state index contributed by atoms with van der Waals surface area (Å²) >= 11 is 6.20. The van der Waals surface area contributed by atoms with E-state index in [2.05, 4.69) is 0 Å². The van der Waals surface area contributed by atoms with Crippen molar-refractivity contribution in [2.75, 3.05) is 19.7 Å². The molecule has 8 heteroatoms. The molecule has 1 aliphatic heterocycles. The maximum absolute atomic E-state index is 14.4. The number of hydrogen-bond acceptors (Lipinski definition) is 5. The van der Waals surface area contributed by atoms with Crippen LogP contribution in [0.2, 0.25) is 5.02 Å². The Morgan fingerprint density at radius 1 is 1.13 bits per heavy atom. The molecule has 0 aromatic heterocycles. The highest BCUT2D eigenvalue weighted by Gasteiger charge is 2.28. The summed E-state index contributed by atoms with van der Waals surface area (Å²) in [5.74, 6) is -1.33. The van der Waals surface area contributed by atoms with E-state index in [4.69, 9.17) is 25.8 Å². The molecular weight excluding hydrogens is 413 g/mol. The molecule has 168 valence electrons. The number of halogens is 2. The number of ether oxygens (including phenoxy) is 3. The molecule has 0 bridgehead atoms. The highest BCUT2D eigenvalue weighted by Crippen LogP contribution is 2.30. The average molecular weight is 444 g/mol. The van der Waals surface area contributed by atoms with Gasteiger partial charge in [0.1, 0.15) is 22.8 Å². The Balaban J connectivity index is 1.99. The van der Waals surface area contributed by atoms with Gasteiger partial charge in [0, 0.05) is 25.1 Å². The second-order valence-electron chi connectivity index (χ2n) is 9.51. The molecule has 30 heavy (non-hydrogen) atoms. The number of nitrogens with zero attached hydrogens (tertiary/aromatic N) is 1. The van der Waals surface area contributed by atoms with E-state index >= 15 is 0 Å². The highest BCUT2D eigenvalue weighted by atomic mass is 35.5. The van der Waals surface area contributed by atoms with Crippen LogP contribution >= 0.6 is 11.6 Å². The molecule has 1 aliphatic rings. The second kappa shape index (κ2) is 9.41. The number of esters is 1. The first kappa shape index (κ1) is 24.3. The Hall–Kier alpha value is -2.02. The van der Waals surface area contributed by atoms with Gasteiger partial charge >= 0.3 is 12.1 Å². The number of rotatable bonds is 4. The molecule has 2 rings (SSSR count). The maximum Gasteiger partial charge on any atom is 0.410 e. The monoisotopic (exact) mass is 443 g/mol. The lowest BCUT2D eigenvalue weighted by molar-refractivity contribution is 0.00636. The van der Waals surface area contributed by atoms with E-state index < -0.39 is 23.0 Å². The number of carbonyl (C=O) groups is 2. The summed E-state index contributed by atoms with van der Waals surface area (Å²) < 4.78 is 30.8. The minimum Gasteiger partial charge on any atom is -0.492 e. The van der Waals surface area contributed by atoms with Crippen molar-refractivity contribution in [3.05, 3.63) is 28.5 Å². The lowest BCUT2D eigenvalue weighted by Gasteiger charge is -2.34. The van der Waals surface area contributed by atoms with Gasteiger partial charge in [0.05, 0.1) is 17.2 Å². The first-order valence-corrected chi connectivity index (χ1v) is 10.5. The van der Waals surface area contributed by atoms with Gasteiger partial charge < -0.3 is 19.1 Å². The molecule has 1 amide bonds. The highest BCUT2D eigenvalue weighted by molar-refractivity contribution is 6.32. The minimum atomic E-state index is -0.784. The van der Waals surface area contributed by atoms with Crippen LogP contribution in [0.25, 0.3) is 0 Å². The number of carbonyl (C=O) groups excluding carboxylic acids is 2. The topological polar surface area (TPSA) is 65.1 Å². The summed E-state index contributed by atoms with van der Waals surface area (Å²) in [6.07, 6.45) is 1.35. The third kappa shape index (κ3) is 7.35. The average Bonchev–Trinajstić information content (AvgIpc) is 2.59. The quantitative estimate of drug-likeness (QED) is 0.578. The van der Waals surface area contributed by atoms with E-state index in [-0.39, 0.29) is 35.0 Å². The molecule has 0 saturated carbocycles. The van der Waals surface area contributed by atoms with Crippen molar-refractivity contribution in [1.29, 1.82) is 0 Å². The molecular formula is C22H31ClFNO5. The van der Waals surface area contributed by atoms with E-state index in [1.807, 2.05) is 20.8 Å². The number of piperidine rings is 1. The lowest BCUT2D eigenvalue weighted by Crippen LogP contribution is -2.44. The first-order chi connectivity index (χ1) is 13.7. The minimum absolute atomic E-state index is 0.0657. The summed E-state index contributed by atoms with van der Waals surface area (Å²) in [6, 6.07) is 2.31. The summed E-state index contributed by atoms with van der Waals surface area (Å²) in [4.78, 5) is 26.1. The van der Waals surface area contributed by atoms with E-state index in [1.54, 1.807) is 25.7 Å². The molecule has 0 radical (unpaired) electrons. The van der Waals surface area contributed by atoms with Crippen molar-refractivity contribution >= 4 is 23.7 Å². The van der Waals surface area contributed by atoms with E-state index in [1.165, 1.54) is 6.07 Å². The predicted molar refractivity (Wildman–Crippen MR) is 113 cm³/mol. The molecule has 1 atom stereocenters. The lowest BCUT2D eigenvalue weighted by atomic mass is 9.99. The Morgan fingerprint density at radius 3 is 2.37 bits per heavy atom. The molecule has 1 fully saturated rings. The fourth-order valence-corrected chi connectivity index (χ4v) is 3.25. The summed E-state index contributed by atoms with van der Waals surface area (Å²) in [5.41, 5.74) is -1.54. The fourth-order valence-electron chi connectivity index (χ4n) is 3.03. The van der Waals surface area contributed by atoms with Crippen molar-refractivity contribution in [3.8, 4) is 5.75 Å². The number of benzene rings is 1. The zero-order valence-electron chi connectivity index (χ0n) is 18.5. The van der Waals surface area contributed by atoms with Gasteiger partial charge in [-0.3, -0.25) is 0 Å². The van der Waals surface area contributed by atoms with Gasteiger partial charge in [-0.2, -0.15) is 0 Å². The molecule has 0 aliphatic carbocycles. The molecule has 1 heterocycles. The van der Waals surface area contributed by atoms with Crippen LogP contribution in [0.4, 0.5) is 9.18 Å². The Morgan fingerprint density at radius 2 is 1.77 bits per heavy atom. The van der Waals surface area contributed by atoms with Crippen LogP contribution in [0.3, 0.4) is 0 Å². The molecule has 0 spiro atoms. The number of amides is 1. The largest absolute Gasteiger partial charge is 0.492 e. The van der Waals surface area contributed by atoms with Crippen LogP contribution in [-0.4, -0.2) is 47.9 Å². The van der Waals surface area contributed by atoms with E-state index in [0.717, 1.165) is 18.9 Å². The van der Waals surface area contributed by atoms with Crippen molar-refractivity contribution in [3.63, 3.8) is 0 Å². The van der Waals surface area contributed by atoms with Crippen molar-refractivity contribution in [2.24, 2.45) is 5.92 Å². The molecule has 1 aromatic rings. The van der Waals surface area contributed by atoms with Crippen LogP contribution < -0.4 is 4.74 Å². The second-order valence-corrected chi connectivity index (χ2v) is 9.92. The van der Waals surface area contributed by atoms with Crippen LogP contribution in [0.1, 0.15) is 64.7 Å². The van der Waals surface area contributed by atoms with Crippen molar-refractivity contribution in [1.82, 2.24) is 4.90 Å². The van der Waals surface area contributed by atoms with Crippen LogP contribution in [0.15, 0.2) is 12.1 Å². The standard InChI is InChI=1S/C22H31ClFNO5/c1-21(2,3)29-19(26)15-10-16(23)18(11-17(15)24)28-13-14-8-7-9-25(12-14)20(27)30-22(4,5)6/h10-11,14H,7-9,12-13H2,1-6H3/t14-/m0/s1.